The smallest absolute Gasteiger partial charge is 0.00966 e. The topological polar surface area (TPSA) is 12.0 Å². The van der Waals surface area contributed by atoms with E-state index >= 15 is 0 Å². The average molecular weight is 253 g/mol. The molecule has 1 rings (SSSR count). The molecule has 18 heavy (non-hydrogen) atoms. The van der Waals surface area contributed by atoms with Gasteiger partial charge < -0.3 is 5.32 Å². The van der Waals surface area contributed by atoms with Gasteiger partial charge in [-0.3, -0.25) is 0 Å². The minimum absolute atomic E-state index is 0.265. The Balaban J connectivity index is 2.57. The van der Waals surface area contributed by atoms with Gasteiger partial charge in [-0.15, -0.1) is 0 Å². The molecule has 4 atom stereocenters. The van der Waals surface area contributed by atoms with Crippen molar-refractivity contribution in [2.75, 3.05) is 6.54 Å². The third kappa shape index (κ3) is 4.91. The van der Waals surface area contributed by atoms with E-state index in [-0.39, 0.29) is 5.54 Å². The number of nitrogens with one attached hydrogen (secondary N) is 1. The van der Waals surface area contributed by atoms with Gasteiger partial charge in [0.05, 0.1) is 0 Å². The van der Waals surface area contributed by atoms with Crippen molar-refractivity contribution in [1.82, 2.24) is 5.32 Å². The quantitative estimate of drug-likeness (QED) is 0.737. The third-order valence-corrected chi connectivity index (χ3v) is 5.00. The lowest BCUT2D eigenvalue weighted by molar-refractivity contribution is 0.115. The molecule has 0 radical (unpaired) electrons. The predicted octanol–water partition coefficient (Wildman–Crippen LogP) is 4.86. The summed E-state index contributed by atoms with van der Waals surface area (Å²) in [5.41, 5.74) is 0.265. The first kappa shape index (κ1) is 16.0. The summed E-state index contributed by atoms with van der Waals surface area (Å²) >= 11 is 0. The Labute approximate surface area is 115 Å². The molecule has 0 bridgehead atoms. The van der Waals surface area contributed by atoms with E-state index in [2.05, 4.69) is 46.9 Å². The molecule has 0 amide bonds. The summed E-state index contributed by atoms with van der Waals surface area (Å²) in [5, 5.41) is 3.73. The zero-order chi connectivity index (χ0) is 13.8. The van der Waals surface area contributed by atoms with Crippen LogP contribution in [-0.4, -0.2) is 12.1 Å². The van der Waals surface area contributed by atoms with Crippen LogP contribution >= 0.6 is 0 Å². The maximum Gasteiger partial charge on any atom is 0.00966 e. The first-order chi connectivity index (χ1) is 8.37. The minimum Gasteiger partial charge on any atom is -0.312 e. The number of rotatable bonds is 5. The van der Waals surface area contributed by atoms with E-state index in [0.29, 0.717) is 0 Å². The molecular weight excluding hydrogens is 218 g/mol. The minimum atomic E-state index is 0.265. The van der Waals surface area contributed by atoms with E-state index in [1.54, 1.807) is 0 Å². The summed E-state index contributed by atoms with van der Waals surface area (Å²) < 4.78 is 0. The van der Waals surface area contributed by atoms with E-state index < -0.39 is 0 Å². The maximum atomic E-state index is 3.73. The van der Waals surface area contributed by atoms with Crippen molar-refractivity contribution in [3.63, 3.8) is 0 Å². The van der Waals surface area contributed by atoms with Gasteiger partial charge in [-0.25, -0.2) is 0 Å². The van der Waals surface area contributed by atoms with Crippen LogP contribution in [0.4, 0.5) is 0 Å². The van der Waals surface area contributed by atoms with Crippen molar-refractivity contribution in [3.8, 4) is 0 Å². The molecule has 1 fully saturated rings. The van der Waals surface area contributed by atoms with Crippen molar-refractivity contribution in [1.29, 1.82) is 0 Å². The molecule has 1 nitrogen and oxygen atoms in total. The van der Waals surface area contributed by atoms with Crippen LogP contribution in [0.15, 0.2) is 0 Å². The van der Waals surface area contributed by atoms with Crippen LogP contribution in [0.3, 0.4) is 0 Å². The summed E-state index contributed by atoms with van der Waals surface area (Å²) in [5.74, 6) is 3.74. The first-order valence-electron chi connectivity index (χ1n) is 8.12. The SMILES string of the molecule is CCC1CCC(CNC(C)(C)C)C(C(C)CC)C1. The number of hydrogen-bond donors (Lipinski definition) is 1. The highest BCUT2D eigenvalue weighted by Gasteiger charge is 2.32. The summed E-state index contributed by atoms with van der Waals surface area (Å²) in [6, 6.07) is 0. The molecule has 0 heterocycles. The van der Waals surface area contributed by atoms with E-state index in [0.717, 1.165) is 23.7 Å². The molecule has 0 aromatic carbocycles. The molecule has 0 spiro atoms. The fourth-order valence-electron chi connectivity index (χ4n) is 3.42. The van der Waals surface area contributed by atoms with E-state index in [9.17, 15) is 0 Å². The van der Waals surface area contributed by atoms with Crippen LogP contribution in [0.5, 0.6) is 0 Å². The van der Waals surface area contributed by atoms with Gasteiger partial charge in [-0.05, 0) is 63.8 Å². The largest absolute Gasteiger partial charge is 0.312 e. The molecule has 0 aromatic heterocycles. The van der Waals surface area contributed by atoms with Gasteiger partial charge in [-0.1, -0.05) is 40.0 Å². The Morgan fingerprint density at radius 1 is 1.17 bits per heavy atom. The highest BCUT2D eigenvalue weighted by molar-refractivity contribution is 4.85. The second-order valence-electron chi connectivity index (χ2n) is 7.53. The molecule has 0 aliphatic heterocycles. The monoisotopic (exact) mass is 253 g/mol. The zero-order valence-corrected chi connectivity index (χ0v) is 13.6. The van der Waals surface area contributed by atoms with Crippen LogP contribution < -0.4 is 5.32 Å². The molecular formula is C17H35N. The predicted molar refractivity (Wildman–Crippen MR) is 81.8 cm³/mol. The van der Waals surface area contributed by atoms with Crippen LogP contribution in [0.1, 0.15) is 73.6 Å². The Hall–Kier alpha value is -0.0400. The van der Waals surface area contributed by atoms with Crippen LogP contribution in [0.2, 0.25) is 0 Å². The molecule has 1 N–H and O–H groups in total. The Kier molecular flexibility index (Phi) is 6.17. The fraction of sp³-hybridized carbons (Fsp3) is 1.00. The molecule has 0 aromatic rings. The molecule has 1 heteroatoms. The average Bonchev–Trinajstić information content (AvgIpc) is 2.34. The fourth-order valence-corrected chi connectivity index (χ4v) is 3.42. The van der Waals surface area contributed by atoms with E-state index in [1.165, 1.54) is 38.6 Å². The van der Waals surface area contributed by atoms with Crippen LogP contribution in [0, 0.1) is 23.7 Å². The summed E-state index contributed by atoms with van der Waals surface area (Å²) in [4.78, 5) is 0. The third-order valence-electron chi connectivity index (χ3n) is 5.00. The highest BCUT2D eigenvalue weighted by Crippen LogP contribution is 2.40. The van der Waals surface area contributed by atoms with Crippen molar-refractivity contribution >= 4 is 0 Å². The molecule has 1 saturated carbocycles. The van der Waals surface area contributed by atoms with Gasteiger partial charge in [0.15, 0.2) is 0 Å². The van der Waals surface area contributed by atoms with Gasteiger partial charge in [0, 0.05) is 5.54 Å². The second-order valence-corrected chi connectivity index (χ2v) is 7.53. The van der Waals surface area contributed by atoms with Crippen molar-refractivity contribution in [2.45, 2.75) is 79.2 Å². The summed E-state index contributed by atoms with van der Waals surface area (Å²) in [7, 11) is 0. The second kappa shape index (κ2) is 6.93. The zero-order valence-electron chi connectivity index (χ0n) is 13.6. The van der Waals surface area contributed by atoms with Crippen LogP contribution in [-0.2, 0) is 0 Å². The van der Waals surface area contributed by atoms with Crippen molar-refractivity contribution in [3.05, 3.63) is 0 Å². The Morgan fingerprint density at radius 3 is 2.33 bits per heavy atom. The summed E-state index contributed by atoms with van der Waals surface area (Å²) in [6.45, 7) is 15.2. The first-order valence-corrected chi connectivity index (χ1v) is 8.12. The normalized spacial score (nSPS) is 31.3. The molecule has 0 saturated heterocycles. The van der Waals surface area contributed by atoms with Crippen LogP contribution in [0.25, 0.3) is 0 Å². The standard InChI is InChI=1S/C17H35N/c1-7-13(3)16-11-14(8-2)9-10-15(16)12-18-17(4,5)6/h13-16,18H,7-12H2,1-6H3. The lowest BCUT2D eigenvalue weighted by Crippen LogP contribution is -2.43. The van der Waals surface area contributed by atoms with Crippen molar-refractivity contribution in [2.24, 2.45) is 23.7 Å². The van der Waals surface area contributed by atoms with Crippen molar-refractivity contribution < 1.29 is 0 Å². The Morgan fingerprint density at radius 2 is 1.83 bits per heavy atom. The van der Waals surface area contributed by atoms with E-state index in [1.807, 2.05) is 0 Å². The molecule has 1 aliphatic carbocycles. The molecule has 108 valence electrons. The highest BCUT2D eigenvalue weighted by atomic mass is 14.9. The lowest BCUT2D eigenvalue weighted by Gasteiger charge is -2.40. The van der Waals surface area contributed by atoms with Gasteiger partial charge in [0.25, 0.3) is 0 Å². The Bertz CT molecular complexity index is 228. The molecule has 1 aliphatic rings. The van der Waals surface area contributed by atoms with Gasteiger partial charge in [0.1, 0.15) is 0 Å². The van der Waals surface area contributed by atoms with Gasteiger partial charge in [0.2, 0.25) is 0 Å². The lowest BCUT2D eigenvalue weighted by atomic mass is 9.68. The molecule has 4 unspecified atom stereocenters. The van der Waals surface area contributed by atoms with E-state index in [4.69, 9.17) is 0 Å². The number of hydrogen-bond acceptors (Lipinski definition) is 1. The van der Waals surface area contributed by atoms with Gasteiger partial charge >= 0.3 is 0 Å². The van der Waals surface area contributed by atoms with Gasteiger partial charge in [-0.2, -0.15) is 0 Å². The maximum absolute atomic E-state index is 3.73. The summed E-state index contributed by atoms with van der Waals surface area (Å²) in [6.07, 6.45) is 7.10.